The molecule has 0 fully saturated rings. The number of aromatic nitrogens is 1. The van der Waals surface area contributed by atoms with Gasteiger partial charge in [0.15, 0.2) is 9.84 Å². The number of benzene rings is 2. The van der Waals surface area contributed by atoms with Gasteiger partial charge < -0.3 is 24.4 Å². The molecule has 1 atom stereocenters. The first-order valence-corrected chi connectivity index (χ1v) is 11.8. The van der Waals surface area contributed by atoms with Crippen LogP contribution in [0.4, 0.5) is 0 Å². The van der Waals surface area contributed by atoms with Crippen LogP contribution in [0.3, 0.4) is 0 Å². The lowest BCUT2D eigenvalue weighted by atomic mass is 10.1. The van der Waals surface area contributed by atoms with Crippen LogP contribution in [0.5, 0.6) is 17.2 Å². The van der Waals surface area contributed by atoms with E-state index >= 15 is 0 Å². The van der Waals surface area contributed by atoms with Crippen LogP contribution < -0.4 is 9.47 Å². The molecule has 0 amide bonds. The third-order valence-corrected chi connectivity index (χ3v) is 5.77. The number of hydrogen-bond acceptors (Lipinski definition) is 7. The topological polar surface area (TPSA) is 110 Å². The lowest BCUT2D eigenvalue weighted by molar-refractivity contribution is 0.0920. The van der Waals surface area contributed by atoms with Crippen LogP contribution in [0.25, 0.3) is 11.3 Å². The fourth-order valence-corrected chi connectivity index (χ4v) is 3.71. The summed E-state index contributed by atoms with van der Waals surface area (Å²) in [5.74, 6) is 1.58. The summed E-state index contributed by atoms with van der Waals surface area (Å²) in [6.45, 7) is 4.01. The van der Waals surface area contributed by atoms with Crippen molar-refractivity contribution in [2.24, 2.45) is 5.16 Å². The Balaban J connectivity index is 1.95. The van der Waals surface area contributed by atoms with Gasteiger partial charge in [0.05, 0.1) is 22.9 Å². The highest BCUT2D eigenvalue weighted by atomic mass is 32.2. The number of H-pyrrole nitrogens is 1. The first kappa shape index (κ1) is 23.4. The van der Waals surface area contributed by atoms with E-state index in [1.807, 2.05) is 31.2 Å². The third kappa shape index (κ3) is 5.89. The number of nitrogens with zero attached hydrogens (tertiary/aromatic N) is 1. The van der Waals surface area contributed by atoms with Gasteiger partial charge >= 0.3 is 0 Å². The SMILES string of the molecule is COC[C@H](C)Oc1cc(Oc2ccc(S(C)(=O)=O)cc2)cc(-c2ccc(C(C)=NO)[nH]2)c1. The van der Waals surface area contributed by atoms with Gasteiger partial charge in [-0.2, -0.15) is 0 Å². The van der Waals surface area contributed by atoms with Crippen LogP contribution >= 0.6 is 0 Å². The molecule has 3 rings (SSSR count). The summed E-state index contributed by atoms with van der Waals surface area (Å²) in [5, 5.41) is 12.2. The summed E-state index contributed by atoms with van der Waals surface area (Å²) in [7, 11) is -1.68. The zero-order valence-electron chi connectivity index (χ0n) is 18.3. The lowest BCUT2D eigenvalue weighted by Gasteiger charge is -2.16. The van der Waals surface area contributed by atoms with E-state index in [4.69, 9.17) is 19.4 Å². The second-order valence-electron chi connectivity index (χ2n) is 7.39. The van der Waals surface area contributed by atoms with Crippen molar-refractivity contribution in [2.45, 2.75) is 24.8 Å². The molecule has 0 saturated heterocycles. The van der Waals surface area contributed by atoms with Crippen LogP contribution in [0.2, 0.25) is 0 Å². The van der Waals surface area contributed by atoms with E-state index in [0.29, 0.717) is 35.3 Å². The number of sulfone groups is 1. The first-order valence-electron chi connectivity index (χ1n) is 9.86. The predicted molar refractivity (Wildman–Crippen MR) is 122 cm³/mol. The summed E-state index contributed by atoms with van der Waals surface area (Å²) in [4.78, 5) is 3.43. The maximum atomic E-state index is 11.7. The van der Waals surface area contributed by atoms with Gasteiger partial charge in [0, 0.05) is 30.7 Å². The molecule has 1 heterocycles. The van der Waals surface area contributed by atoms with Gasteiger partial charge in [-0.15, -0.1) is 0 Å². The Morgan fingerprint density at radius 1 is 1.06 bits per heavy atom. The molecule has 0 bridgehead atoms. The van der Waals surface area contributed by atoms with E-state index in [1.165, 1.54) is 12.1 Å². The van der Waals surface area contributed by atoms with Crippen molar-refractivity contribution in [3.8, 4) is 28.5 Å². The van der Waals surface area contributed by atoms with Gasteiger partial charge in [-0.05, 0) is 62.4 Å². The molecule has 0 radical (unpaired) electrons. The molecule has 170 valence electrons. The zero-order valence-corrected chi connectivity index (χ0v) is 19.1. The van der Waals surface area contributed by atoms with Crippen molar-refractivity contribution >= 4 is 15.5 Å². The van der Waals surface area contributed by atoms with Crippen molar-refractivity contribution in [1.82, 2.24) is 4.98 Å². The summed E-state index contributed by atoms with van der Waals surface area (Å²) < 4.78 is 40.5. The second-order valence-corrected chi connectivity index (χ2v) is 9.41. The molecule has 3 aromatic rings. The monoisotopic (exact) mass is 458 g/mol. The Hall–Kier alpha value is -3.30. The van der Waals surface area contributed by atoms with Crippen LogP contribution in [-0.2, 0) is 14.6 Å². The standard InChI is InChI=1S/C23H26N2O6S/c1-15(14-29-3)30-19-11-17(23-10-9-22(24-23)16(2)25-26)12-20(13-19)31-18-5-7-21(8-6-18)32(4,27)28/h5-13,15,24,26H,14H2,1-4H3/t15-/m0/s1. The van der Waals surface area contributed by atoms with E-state index in [1.54, 1.807) is 32.2 Å². The smallest absolute Gasteiger partial charge is 0.175 e. The number of ether oxygens (including phenoxy) is 3. The fraction of sp³-hybridized carbons (Fsp3) is 0.261. The van der Waals surface area contributed by atoms with Crippen LogP contribution in [-0.4, -0.2) is 50.4 Å². The highest BCUT2D eigenvalue weighted by molar-refractivity contribution is 7.90. The van der Waals surface area contributed by atoms with Crippen LogP contribution in [0, 0.1) is 0 Å². The molecule has 0 saturated carbocycles. The van der Waals surface area contributed by atoms with Crippen LogP contribution in [0.1, 0.15) is 19.5 Å². The van der Waals surface area contributed by atoms with Gasteiger partial charge in [-0.3, -0.25) is 0 Å². The Morgan fingerprint density at radius 3 is 2.38 bits per heavy atom. The fourth-order valence-electron chi connectivity index (χ4n) is 3.07. The maximum Gasteiger partial charge on any atom is 0.175 e. The molecule has 0 aliphatic carbocycles. The van der Waals surface area contributed by atoms with E-state index in [-0.39, 0.29) is 11.0 Å². The van der Waals surface area contributed by atoms with Crippen molar-refractivity contribution in [3.63, 3.8) is 0 Å². The molecule has 8 nitrogen and oxygen atoms in total. The second kappa shape index (κ2) is 9.88. The van der Waals surface area contributed by atoms with Gasteiger partial charge in [0.1, 0.15) is 23.4 Å². The van der Waals surface area contributed by atoms with Gasteiger partial charge in [0.2, 0.25) is 0 Å². The third-order valence-electron chi connectivity index (χ3n) is 4.64. The largest absolute Gasteiger partial charge is 0.488 e. The van der Waals surface area contributed by atoms with E-state index in [0.717, 1.165) is 17.5 Å². The summed E-state index contributed by atoms with van der Waals surface area (Å²) in [5.41, 5.74) is 2.72. The Bertz CT molecular complexity index is 1200. The molecule has 2 aromatic carbocycles. The molecular formula is C23H26N2O6S. The number of methoxy groups -OCH3 is 1. The first-order chi connectivity index (χ1) is 15.2. The van der Waals surface area contributed by atoms with Crippen molar-refractivity contribution < 1.29 is 27.8 Å². The Labute approximate surface area is 187 Å². The van der Waals surface area contributed by atoms with Crippen LogP contribution in [0.15, 0.2) is 64.6 Å². The molecule has 0 spiro atoms. The normalized spacial score (nSPS) is 13.1. The number of nitrogens with one attached hydrogen (secondary N) is 1. The molecule has 32 heavy (non-hydrogen) atoms. The summed E-state index contributed by atoms with van der Waals surface area (Å²) >= 11 is 0. The van der Waals surface area contributed by atoms with Gasteiger partial charge in [-0.1, -0.05) is 5.16 Å². The lowest BCUT2D eigenvalue weighted by Crippen LogP contribution is -2.17. The van der Waals surface area contributed by atoms with E-state index in [9.17, 15) is 8.42 Å². The molecule has 1 aromatic heterocycles. The number of aromatic amines is 1. The van der Waals surface area contributed by atoms with Crippen molar-refractivity contribution in [1.29, 1.82) is 0 Å². The number of oxime groups is 1. The van der Waals surface area contributed by atoms with Gasteiger partial charge in [-0.25, -0.2) is 8.42 Å². The average molecular weight is 459 g/mol. The molecule has 0 aliphatic heterocycles. The zero-order chi connectivity index (χ0) is 23.3. The molecule has 0 unspecified atom stereocenters. The highest BCUT2D eigenvalue weighted by Crippen LogP contribution is 2.33. The molecule has 0 aliphatic rings. The van der Waals surface area contributed by atoms with Crippen molar-refractivity contribution in [3.05, 3.63) is 60.3 Å². The maximum absolute atomic E-state index is 11.7. The number of hydrogen-bond donors (Lipinski definition) is 2. The Morgan fingerprint density at radius 2 is 1.75 bits per heavy atom. The van der Waals surface area contributed by atoms with E-state index < -0.39 is 9.84 Å². The Kier molecular flexibility index (Phi) is 7.22. The minimum absolute atomic E-state index is 0.180. The highest BCUT2D eigenvalue weighted by Gasteiger charge is 2.12. The predicted octanol–water partition coefficient (Wildman–Crippen LogP) is 4.49. The average Bonchev–Trinajstić information content (AvgIpc) is 3.23. The molecule has 9 heteroatoms. The van der Waals surface area contributed by atoms with E-state index in [2.05, 4.69) is 10.1 Å². The molecule has 2 N–H and O–H groups in total. The minimum Gasteiger partial charge on any atom is -0.488 e. The molecular weight excluding hydrogens is 432 g/mol. The quantitative estimate of drug-likeness (QED) is 0.278. The number of rotatable bonds is 9. The summed E-state index contributed by atoms with van der Waals surface area (Å²) in [6.07, 6.45) is 0.977. The summed E-state index contributed by atoms with van der Waals surface area (Å²) in [6, 6.07) is 15.3. The minimum atomic E-state index is -3.29. The van der Waals surface area contributed by atoms with Crippen molar-refractivity contribution in [2.75, 3.05) is 20.0 Å². The van der Waals surface area contributed by atoms with Gasteiger partial charge in [0.25, 0.3) is 0 Å².